The monoisotopic (exact) mass is 337 g/mol. The van der Waals surface area contributed by atoms with Crippen LogP contribution in [0.4, 0.5) is 5.95 Å². The van der Waals surface area contributed by atoms with Gasteiger partial charge in [-0.3, -0.25) is 9.36 Å². The van der Waals surface area contributed by atoms with Gasteiger partial charge in [-0.2, -0.15) is 0 Å². The lowest BCUT2D eigenvalue weighted by molar-refractivity contribution is -0.141. The number of allylic oxidation sites excluding steroid dienone is 1. The average molecular weight is 337 g/mol. The number of nitrogen functional groups attached to an aromatic ring is 1. The van der Waals surface area contributed by atoms with Crippen molar-refractivity contribution in [2.75, 3.05) is 24.6 Å². The van der Waals surface area contributed by atoms with Crippen molar-refractivity contribution in [1.29, 1.82) is 0 Å². The van der Waals surface area contributed by atoms with E-state index in [0.29, 0.717) is 18.4 Å². The molecular weight excluding hydrogens is 310 g/mol. The van der Waals surface area contributed by atoms with Gasteiger partial charge in [0.1, 0.15) is 0 Å². The van der Waals surface area contributed by atoms with Crippen molar-refractivity contribution in [2.24, 2.45) is 11.3 Å². The van der Waals surface area contributed by atoms with E-state index in [9.17, 15) is 4.79 Å². The first-order valence-corrected chi connectivity index (χ1v) is 9.03. The Morgan fingerprint density at radius 2 is 2.22 bits per heavy atom. The molecule has 1 aliphatic rings. The Morgan fingerprint density at radius 1 is 1.48 bits per heavy atom. The second kappa shape index (κ2) is 7.38. The minimum atomic E-state index is -0.312. The van der Waals surface area contributed by atoms with Crippen molar-refractivity contribution >= 4 is 23.6 Å². The van der Waals surface area contributed by atoms with E-state index in [1.54, 1.807) is 17.8 Å². The van der Waals surface area contributed by atoms with Crippen molar-refractivity contribution in [3.63, 3.8) is 0 Å². The zero-order valence-corrected chi connectivity index (χ0v) is 15.1. The summed E-state index contributed by atoms with van der Waals surface area (Å²) < 4.78 is 1.86. The SMILES string of the molecule is C=CCn1c(N)nnc1SCC1CCCN(C(=O)C(C)(C)C)C1. The van der Waals surface area contributed by atoms with Crippen LogP contribution in [0.5, 0.6) is 0 Å². The first kappa shape index (κ1) is 17.8. The molecule has 1 atom stereocenters. The Kier molecular flexibility index (Phi) is 5.73. The summed E-state index contributed by atoms with van der Waals surface area (Å²) in [6.07, 6.45) is 3.99. The van der Waals surface area contributed by atoms with Crippen LogP contribution in [0.1, 0.15) is 33.6 Å². The number of hydrogen-bond donors (Lipinski definition) is 1. The number of hydrogen-bond acceptors (Lipinski definition) is 5. The van der Waals surface area contributed by atoms with Gasteiger partial charge in [-0.25, -0.2) is 0 Å². The van der Waals surface area contributed by atoms with Gasteiger partial charge in [-0.15, -0.1) is 16.8 Å². The van der Waals surface area contributed by atoms with Crippen molar-refractivity contribution in [2.45, 2.75) is 45.3 Å². The van der Waals surface area contributed by atoms with Gasteiger partial charge in [0.25, 0.3) is 0 Å². The zero-order chi connectivity index (χ0) is 17.0. The number of nitrogens with zero attached hydrogens (tertiary/aromatic N) is 4. The average Bonchev–Trinajstić information content (AvgIpc) is 2.85. The molecule has 1 unspecified atom stereocenters. The third-order valence-electron chi connectivity index (χ3n) is 3.95. The van der Waals surface area contributed by atoms with E-state index in [-0.39, 0.29) is 11.3 Å². The standard InChI is InChI=1S/C16H27N5OS/c1-5-8-21-14(17)18-19-15(21)23-11-12-7-6-9-20(10-12)13(22)16(2,3)4/h5,12H,1,6-11H2,2-4H3,(H2,17,18). The number of thioether (sulfide) groups is 1. The molecule has 2 heterocycles. The van der Waals surface area contributed by atoms with Gasteiger partial charge in [-0.1, -0.05) is 38.6 Å². The van der Waals surface area contributed by atoms with Crippen LogP contribution < -0.4 is 5.73 Å². The molecule has 23 heavy (non-hydrogen) atoms. The van der Waals surface area contributed by atoms with Crippen LogP contribution in [-0.4, -0.2) is 44.4 Å². The summed E-state index contributed by atoms with van der Waals surface area (Å²) in [6.45, 7) is 12.0. The number of rotatable bonds is 5. The molecule has 0 aromatic carbocycles. The van der Waals surface area contributed by atoms with Gasteiger partial charge in [-0.05, 0) is 18.8 Å². The van der Waals surface area contributed by atoms with Gasteiger partial charge in [0.15, 0.2) is 5.16 Å². The van der Waals surface area contributed by atoms with Crippen LogP contribution in [-0.2, 0) is 11.3 Å². The lowest BCUT2D eigenvalue weighted by atomic mass is 9.92. The quantitative estimate of drug-likeness (QED) is 0.659. The van der Waals surface area contributed by atoms with E-state index in [1.807, 2.05) is 30.2 Å². The van der Waals surface area contributed by atoms with Crippen LogP contribution >= 0.6 is 11.8 Å². The van der Waals surface area contributed by atoms with Crippen molar-refractivity contribution in [1.82, 2.24) is 19.7 Å². The Balaban J connectivity index is 1.93. The molecule has 1 aromatic rings. The molecule has 128 valence electrons. The van der Waals surface area contributed by atoms with E-state index in [2.05, 4.69) is 16.8 Å². The van der Waals surface area contributed by atoms with Crippen molar-refractivity contribution in [3.8, 4) is 0 Å². The van der Waals surface area contributed by atoms with E-state index in [4.69, 9.17) is 5.73 Å². The number of likely N-dealkylation sites (tertiary alicyclic amines) is 1. The molecule has 2 rings (SSSR count). The fourth-order valence-electron chi connectivity index (χ4n) is 2.76. The number of piperidine rings is 1. The molecule has 1 saturated heterocycles. The maximum absolute atomic E-state index is 12.4. The minimum Gasteiger partial charge on any atom is -0.368 e. The third-order valence-corrected chi connectivity index (χ3v) is 5.15. The van der Waals surface area contributed by atoms with E-state index >= 15 is 0 Å². The highest BCUT2D eigenvalue weighted by Gasteiger charge is 2.31. The number of amides is 1. The van der Waals surface area contributed by atoms with Crippen molar-refractivity contribution in [3.05, 3.63) is 12.7 Å². The molecule has 1 amide bonds. The van der Waals surface area contributed by atoms with Crippen LogP contribution in [0.3, 0.4) is 0 Å². The van der Waals surface area contributed by atoms with Crippen LogP contribution in [0, 0.1) is 11.3 Å². The van der Waals surface area contributed by atoms with E-state index in [0.717, 1.165) is 36.8 Å². The summed E-state index contributed by atoms with van der Waals surface area (Å²) >= 11 is 1.66. The fourth-order valence-corrected chi connectivity index (χ4v) is 3.84. The normalized spacial score (nSPS) is 18.9. The molecule has 0 aliphatic carbocycles. The summed E-state index contributed by atoms with van der Waals surface area (Å²) in [7, 11) is 0. The lowest BCUT2D eigenvalue weighted by Crippen LogP contribution is -2.45. The number of nitrogens with two attached hydrogens (primary N) is 1. The van der Waals surface area contributed by atoms with Crippen LogP contribution in [0.2, 0.25) is 0 Å². The predicted octanol–water partition coefficient (Wildman–Crippen LogP) is 2.42. The topological polar surface area (TPSA) is 77.0 Å². The van der Waals surface area contributed by atoms with Crippen LogP contribution in [0.25, 0.3) is 0 Å². The summed E-state index contributed by atoms with van der Waals surface area (Å²) in [5.41, 5.74) is 5.51. The lowest BCUT2D eigenvalue weighted by Gasteiger charge is -2.36. The molecule has 7 heteroatoms. The summed E-state index contributed by atoms with van der Waals surface area (Å²) in [4.78, 5) is 14.5. The highest BCUT2D eigenvalue weighted by Crippen LogP contribution is 2.28. The second-order valence-corrected chi connectivity index (χ2v) is 8.05. The van der Waals surface area contributed by atoms with Gasteiger partial charge in [0, 0.05) is 30.8 Å². The molecule has 1 fully saturated rings. The summed E-state index contributed by atoms with van der Waals surface area (Å²) in [5.74, 6) is 2.06. The highest BCUT2D eigenvalue weighted by atomic mass is 32.2. The Morgan fingerprint density at radius 3 is 2.87 bits per heavy atom. The number of aromatic nitrogens is 3. The summed E-state index contributed by atoms with van der Waals surface area (Å²) in [6, 6.07) is 0. The number of carbonyl (C=O) groups is 1. The molecule has 6 nitrogen and oxygen atoms in total. The Bertz CT molecular complexity index is 563. The predicted molar refractivity (Wildman–Crippen MR) is 94.1 cm³/mol. The Labute approximate surface area is 142 Å². The zero-order valence-electron chi connectivity index (χ0n) is 14.3. The molecular formula is C16H27N5OS. The third kappa shape index (κ3) is 4.50. The smallest absolute Gasteiger partial charge is 0.227 e. The Hall–Kier alpha value is -1.50. The first-order valence-electron chi connectivity index (χ1n) is 8.04. The van der Waals surface area contributed by atoms with Crippen molar-refractivity contribution < 1.29 is 4.79 Å². The van der Waals surface area contributed by atoms with Gasteiger partial charge in [0.05, 0.1) is 0 Å². The van der Waals surface area contributed by atoms with Gasteiger partial charge < -0.3 is 10.6 Å². The number of anilines is 1. The molecule has 1 aliphatic heterocycles. The van der Waals surface area contributed by atoms with Crippen LogP contribution in [0.15, 0.2) is 17.8 Å². The molecule has 0 spiro atoms. The summed E-state index contributed by atoms with van der Waals surface area (Å²) in [5, 5.41) is 8.89. The molecule has 0 radical (unpaired) electrons. The second-order valence-electron chi connectivity index (χ2n) is 7.06. The molecule has 1 aromatic heterocycles. The van der Waals surface area contributed by atoms with Gasteiger partial charge in [0.2, 0.25) is 11.9 Å². The first-order chi connectivity index (χ1) is 10.8. The molecule has 0 saturated carbocycles. The fraction of sp³-hybridized carbons (Fsp3) is 0.688. The van der Waals surface area contributed by atoms with Gasteiger partial charge >= 0.3 is 0 Å². The minimum absolute atomic E-state index is 0.242. The molecule has 2 N–H and O–H groups in total. The molecule has 0 bridgehead atoms. The number of carbonyl (C=O) groups excluding carboxylic acids is 1. The maximum Gasteiger partial charge on any atom is 0.227 e. The largest absolute Gasteiger partial charge is 0.368 e. The van der Waals surface area contributed by atoms with E-state index in [1.165, 1.54) is 0 Å². The highest BCUT2D eigenvalue weighted by molar-refractivity contribution is 7.99. The maximum atomic E-state index is 12.4. The van der Waals surface area contributed by atoms with E-state index < -0.39 is 0 Å².